The van der Waals surface area contributed by atoms with Crippen LogP contribution >= 0.6 is 15.9 Å². The van der Waals surface area contributed by atoms with Gasteiger partial charge < -0.3 is 15.8 Å². The van der Waals surface area contributed by atoms with Gasteiger partial charge in [-0.05, 0) is 35.0 Å². The Kier molecular flexibility index (Phi) is 4.52. The van der Waals surface area contributed by atoms with Gasteiger partial charge in [0.2, 0.25) is 11.8 Å². The van der Waals surface area contributed by atoms with E-state index < -0.39 is 5.91 Å². The second kappa shape index (κ2) is 6.33. The highest BCUT2D eigenvalue weighted by atomic mass is 79.9. The molecule has 0 fully saturated rings. The first-order valence-electron chi connectivity index (χ1n) is 5.95. The average Bonchev–Trinajstić information content (AvgIpc) is 2.43. The molecule has 0 aliphatic carbocycles. The minimum absolute atomic E-state index is 0.294. The number of nitrogens with two attached hydrogens (primary N) is 1. The van der Waals surface area contributed by atoms with E-state index in [2.05, 4.69) is 31.2 Å². The van der Waals surface area contributed by atoms with Crippen molar-refractivity contribution < 1.29 is 9.53 Å². The third kappa shape index (κ3) is 3.24. The van der Waals surface area contributed by atoms with E-state index in [1.165, 1.54) is 0 Å². The zero-order chi connectivity index (χ0) is 14.5. The lowest BCUT2D eigenvalue weighted by Gasteiger charge is -2.10. The maximum atomic E-state index is 11.4. The van der Waals surface area contributed by atoms with E-state index in [9.17, 15) is 4.79 Å². The minimum Gasteiger partial charge on any atom is -0.437 e. The monoisotopic (exact) mass is 336 g/mol. The fourth-order valence-electron chi connectivity index (χ4n) is 1.53. The molecule has 0 radical (unpaired) electrons. The van der Waals surface area contributed by atoms with Crippen LogP contribution in [0.15, 0.2) is 34.9 Å². The van der Waals surface area contributed by atoms with Gasteiger partial charge in [0.05, 0.1) is 16.2 Å². The lowest BCUT2D eigenvalue weighted by Crippen LogP contribution is -2.12. The largest absolute Gasteiger partial charge is 0.437 e. The Bertz CT molecular complexity index is 634. The normalized spacial score (nSPS) is 10.1. The van der Waals surface area contributed by atoms with Crippen molar-refractivity contribution in [3.05, 3.63) is 40.5 Å². The van der Waals surface area contributed by atoms with Gasteiger partial charge in [0, 0.05) is 6.54 Å². The number of halogens is 1. The molecule has 20 heavy (non-hydrogen) atoms. The number of carbonyl (C=O) groups excluding carboxylic acids is 1. The predicted octanol–water partition coefficient (Wildman–Crippen LogP) is 2.56. The lowest BCUT2D eigenvalue weighted by molar-refractivity contribution is 0.0998. The molecule has 0 bridgehead atoms. The van der Waals surface area contributed by atoms with E-state index in [4.69, 9.17) is 10.5 Å². The summed E-state index contributed by atoms with van der Waals surface area (Å²) in [5, 5.41) is 2.98. The van der Waals surface area contributed by atoms with Gasteiger partial charge in [-0.25, -0.2) is 4.98 Å². The zero-order valence-electron chi connectivity index (χ0n) is 10.8. The van der Waals surface area contributed by atoms with Crippen LogP contribution in [0.25, 0.3) is 0 Å². The van der Waals surface area contributed by atoms with E-state index >= 15 is 0 Å². The Balaban J connectivity index is 2.34. The van der Waals surface area contributed by atoms with Crippen LogP contribution in [0.3, 0.4) is 0 Å². The molecule has 104 valence electrons. The summed E-state index contributed by atoms with van der Waals surface area (Å²) in [5.74, 6) is 0.548. The molecule has 0 saturated heterocycles. The summed E-state index contributed by atoms with van der Waals surface area (Å²) in [6.07, 6.45) is 1.58. The van der Waals surface area contributed by atoms with Gasteiger partial charge in [0.25, 0.3) is 5.91 Å². The summed E-state index contributed by atoms with van der Waals surface area (Å²) < 4.78 is 6.23. The number of nitrogens with one attached hydrogen (secondary N) is 1. The van der Waals surface area contributed by atoms with Crippen molar-refractivity contribution in [3.8, 4) is 11.6 Å². The molecule has 1 amide bonds. The summed E-state index contributed by atoms with van der Waals surface area (Å²) in [5.41, 5.74) is 5.60. The number of hydrogen-bond donors (Lipinski definition) is 2. The fourth-order valence-corrected chi connectivity index (χ4v) is 1.80. The molecular formula is C13H13BrN4O2. The maximum absolute atomic E-state index is 11.4. The molecule has 2 aromatic rings. The van der Waals surface area contributed by atoms with E-state index in [0.717, 1.165) is 0 Å². The Morgan fingerprint density at radius 2 is 2.20 bits per heavy atom. The highest BCUT2D eigenvalue weighted by molar-refractivity contribution is 9.10. The van der Waals surface area contributed by atoms with Crippen LogP contribution in [0.1, 0.15) is 17.3 Å². The number of amides is 1. The number of carbonyl (C=O) groups is 1. The molecule has 0 atom stereocenters. The molecule has 3 N–H and O–H groups in total. The van der Waals surface area contributed by atoms with Crippen LogP contribution in [0.4, 0.5) is 5.95 Å². The number of hydrogen-bond acceptors (Lipinski definition) is 5. The first-order chi connectivity index (χ1) is 9.61. The van der Waals surface area contributed by atoms with Gasteiger partial charge in [-0.3, -0.25) is 4.79 Å². The topological polar surface area (TPSA) is 90.1 Å². The van der Waals surface area contributed by atoms with Gasteiger partial charge in [0.15, 0.2) is 0 Å². The molecule has 0 spiro atoms. The first kappa shape index (κ1) is 14.3. The quantitative estimate of drug-likeness (QED) is 0.875. The third-order valence-electron chi connectivity index (χ3n) is 2.41. The first-order valence-corrected chi connectivity index (χ1v) is 6.74. The molecule has 1 aromatic heterocycles. The molecule has 1 aromatic carbocycles. The smallest absolute Gasteiger partial charge is 0.252 e. The van der Waals surface area contributed by atoms with Crippen molar-refractivity contribution in [2.24, 2.45) is 5.73 Å². The summed E-state index contributed by atoms with van der Waals surface area (Å²) in [7, 11) is 0. The number of para-hydroxylation sites is 1. The second-order valence-electron chi connectivity index (χ2n) is 3.84. The van der Waals surface area contributed by atoms with Crippen molar-refractivity contribution >= 4 is 27.8 Å². The van der Waals surface area contributed by atoms with Crippen molar-refractivity contribution in [1.29, 1.82) is 0 Å². The van der Waals surface area contributed by atoms with Gasteiger partial charge >= 0.3 is 0 Å². The van der Waals surface area contributed by atoms with Crippen LogP contribution < -0.4 is 15.8 Å². The van der Waals surface area contributed by atoms with Gasteiger partial charge in [0.1, 0.15) is 5.75 Å². The number of anilines is 1. The van der Waals surface area contributed by atoms with E-state index in [1.54, 1.807) is 30.5 Å². The van der Waals surface area contributed by atoms with Gasteiger partial charge in [-0.15, -0.1) is 0 Å². The highest BCUT2D eigenvalue weighted by Crippen LogP contribution is 2.29. The van der Waals surface area contributed by atoms with E-state index in [1.807, 2.05) is 6.92 Å². The third-order valence-corrected chi connectivity index (χ3v) is 2.95. The second-order valence-corrected chi connectivity index (χ2v) is 4.69. The summed E-state index contributed by atoms with van der Waals surface area (Å²) in [6, 6.07) is 6.72. The summed E-state index contributed by atoms with van der Waals surface area (Å²) >= 11 is 3.31. The number of aromatic nitrogens is 2. The molecule has 0 saturated carbocycles. The van der Waals surface area contributed by atoms with Gasteiger partial charge in [-0.1, -0.05) is 12.1 Å². The van der Waals surface area contributed by atoms with Crippen molar-refractivity contribution in [1.82, 2.24) is 9.97 Å². The Hall–Kier alpha value is -2.15. The number of rotatable bonds is 5. The highest BCUT2D eigenvalue weighted by Gasteiger charge is 2.12. The van der Waals surface area contributed by atoms with Crippen molar-refractivity contribution in [2.45, 2.75) is 6.92 Å². The van der Waals surface area contributed by atoms with Crippen LogP contribution in [-0.2, 0) is 0 Å². The van der Waals surface area contributed by atoms with Crippen molar-refractivity contribution in [3.63, 3.8) is 0 Å². The lowest BCUT2D eigenvalue weighted by atomic mass is 10.2. The summed E-state index contributed by atoms with van der Waals surface area (Å²) in [6.45, 7) is 2.63. The Labute approximate surface area is 124 Å². The van der Waals surface area contributed by atoms with Crippen LogP contribution in [0.5, 0.6) is 11.6 Å². The minimum atomic E-state index is -0.558. The summed E-state index contributed by atoms with van der Waals surface area (Å²) in [4.78, 5) is 19.7. The average molecular weight is 337 g/mol. The van der Waals surface area contributed by atoms with Crippen LogP contribution in [0, 0.1) is 0 Å². The number of ether oxygens (including phenoxy) is 1. The number of nitrogens with zero attached hydrogens (tertiary/aromatic N) is 2. The predicted molar refractivity (Wildman–Crippen MR) is 78.9 cm³/mol. The molecular weight excluding hydrogens is 324 g/mol. The van der Waals surface area contributed by atoms with Crippen LogP contribution in [0.2, 0.25) is 0 Å². The number of primary amides is 1. The fraction of sp³-hybridized carbons (Fsp3) is 0.154. The molecule has 7 heteroatoms. The zero-order valence-corrected chi connectivity index (χ0v) is 12.3. The maximum Gasteiger partial charge on any atom is 0.252 e. The standard InChI is InChI=1S/C13H13BrN4O2/c1-2-16-13-17-7-9(14)12(18-13)20-10-6-4-3-5-8(10)11(15)19/h3-7H,2H2,1H3,(H2,15,19)(H,16,17,18). The molecule has 0 unspecified atom stereocenters. The number of benzene rings is 1. The molecule has 1 heterocycles. The molecule has 0 aliphatic heterocycles. The SMILES string of the molecule is CCNc1ncc(Br)c(Oc2ccccc2C(N)=O)n1. The Morgan fingerprint density at radius 1 is 1.45 bits per heavy atom. The molecule has 0 aliphatic rings. The molecule has 2 rings (SSSR count). The van der Waals surface area contributed by atoms with Crippen molar-refractivity contribution in [2.75, 3.05) is 11.9 Å². The molecule has 6 nitrogen and oxygen atoms in total. The van der Waals surface area contributed by atoms with Gasteiger partial charge in [-0.2, -0.15) is 4.98 Å². The van der Waals surface area contributed by atoms with E-state index in [0.29, 0.717) is 34.2 Å². The Morgan fingerprint density at radius 3 is 2.90 bits per heavy atom. The van der Waals surface area contributed by atoms with Crippen LogP contribution in [-0.4, -0.2) is 22.4 Å². The van der Waals surface area contributed by atoms with E-state index in [-0.39, 0.29) is 0 Å².